The quantitative estimate of drug-likeness (QED) is 0.912. The normalized spacial score (nSPS) is 20.7. The van der Waals surface area contributed by atoms with Crippen LogP contribution in [-0.4, -0.2) is 29.9 Å². The fourth-order valence-electron chi connectivity index (χ4n) is 3.16. The molecule has 23 heavy (non-hydrogen) atoms. The zero-order chi connectivity index (χ0) is 16.2. The Morgan fingerprint density at radius 1 is 1.00 bits per heavy atom. The Hall–Kier alpha value is -2.17. The molecular weight excluding hydrogens is 286 g/mol. The topological polar surface area (TPSA) is 44.4 Å². The van der Waals surface area contributed by atoms with E-state index in [2.05, 4.69) is 42.0 Å². The molecule has 1 fully saturated rings. The number of hydrogen-bond acceptors (Lipinski definition) is 3. The van der Waals surface area contributed by atoms with Crippen molar-refractivity contribution in [3.8, 4) is 0 Å². The summed E-state index contributed by atoms with van der Waals surface area (Å²) in [5.74, 6) is 0.111. The van der Waals surface area contributed by atoms with Crippen LogP contribution in [0.2, 0.25) is 0 Å². The molecular formula is C19H23N3O. The van der Waals surface area contributed by atoms with Crippen molar-refractivity contribution in [2.75, 3.05) is 7.05 Å². The van der Waals surface area contributed by atoms with Gasteiger partial charge in [0.25, 0.3) is 0 Å². The number of carbonyl (C=O) groups is 1. The summed E-state index contributed by atoms with van der Waals surface area (Å²) in [6, 6.07) is 20.4. The molecule has 0 bridgehead atoms. The fourth-order valence-corrected chi connectivity index (χ4v) is 3.16. The van der Waals surface area contributed by atoms with E-state index in [1.807, 2.05) is 48.3 Å². The summed E-state index contributed by atoms with van der Waals surface area (Å²) in [6.45, 7) is 2.08. The molecule has 4 heteroatoms. The Morgan fingerprint density at radius 2 is 1.52 bits per heavy atom. The van der Waals surface area contributed by atoms with Gasteiger partial charge in [-0.3, -0.25) is 10.2 Å². The molecule has 0 radical (unpaired) electrons. The van der Waals surface area contributed by atoms with Crippen LogP contribution in [0.1, 0.15) is 30.5 Å². The second kappa shape index (κ2) is 6.94. The minimum absolute atomic E-state index is 0.0809. The largest absolute Gasteiger partial charge is 0.333 e. The van der Waals surface area contributed by atoms with E-state index in [1.165, 1.54) is 0 Å². The summed E-state index contributed by atoms with van der Waals surface area (Å²) in [5.41, 5.74) is 8.47. The molecule has 3 rings (SSSR count). The van der Waals surface area contributed by atoms with Crippen LogP contribution in [0.4, 0.5) is 0 Å². The Labute approximate surface area is 137 Å². The highest BCUT2D eigenvalue weighted by atomic mass is 16.2. The Bertz CT molecular complexity index is 605. The van der Waals surface area contributed by atoms with Crippen molar-refractivity contribution in [1.29, 1.82) is 0 Å². The van der Waals surface area contributed by atoms with E-state index < -0.39 is 0 Å². The Kier molecular flexibility index (Phi) is 4.74. The molecule has 0 aliphatic carbocycles. The molecule has 2 unspecified atom stereocenters. The number of likely N-dealkylation sites (N-methyl/N-ethyl adjacent to an activating group) is 1. The Balaban J connectivity index is 1.90. The van der Waals surface area contributed by atoms with E-state index in [9.17, 15) is 4.79 Å². The summed E-state index contributed by atoms with van der Waals surface area (Å²) in [5, 5.41) is 0. The highest BCUT2D eigenvalue weighted by molar-refractivity contribution is 5.82. The minimum atomic E-state index is -0.176. The van der Waals surface area contributed by atoms with Crippen LogP contribution in [-0.2, 0) is 4.79 Å². The number of rotatable bonds is 4. The van der Waals surface area contributed by atoms with Gasteiger partial charge in [-0.05, 0) is 24.5 Å². The molecule has 2 aromatic carbocycles. The zero-order valence-corrected chi connectivity index (χ0v) is 13.6. The van der Waals surface area contributed by atoms with E-state index in [0.717, 1.165) is 17.5 Å². The molecule has 2 N–H and O–H groups in total. The van der Waals surface area contributed by atoms with E-state index in [-0.39, 0.29) is 18.0 Å². The molecule has 2 aromatic rings. The lowest BCUT2D eigenvalue weighted by molar-refractivity contribution is -0.133. The first-order chi connectivity index (χ1) is 11.2. The van der Waals surface area contributed by atoms with Crippen molar-refractivity contribution >= 4 is 5.91 Å². The van der Waals surface area contributed by atoms with E-state index in [4.69, 9.17) is 0 Å². The van der Waals surface area contributed by atoms with Crippen LogP contribution in [0, 0.1) is 0 Å². The van der Waals surface area contributed by atoms with E-state index in [0.29, 0.717) is 6.04 Å². The van der Waals surface area contributed by atoms with Gasteiger partial charge in [-0.15, -0.1) is 0 Å². The van der Waals surface area contributed by atoms with Gasteiger partial charge in [0, 0.05) is 13.1 Å². The number of carbonyl (C=O) groups excluding carboxylic acids is 1. The van der Waals surface area contributed by atoms with Gasteiger partial charge in [0.15, 0.2) is 0 Å². The molecule has 0 spiro atoms. The second-order valence-electron chi connectivity index (χ2n) is 6.15. The molecule has 1 aliphatic heterocycles. The average molecular weight is 309 g/mol. The van der Waals surface area contributed by atoms with Crippen LogP contribution in [0.5, 0.6) is 0 Å². The molecule has 1 heterocycles. The molecule has 120 valence electrons. The predicted molar refractivity (Wildman–Crippen MR) is 91.6 cm³/mol. The van der Waals surface area contributed by atoms with Gasteiger partial charge in [0.2, 0.25) is 5.91 Å². The minimum Gasteiger partial charge on any atom is -0.333 e. The third-order valence-electron chi connectivity index (χ3n) is 4.36. The standard InChI is InChI=1S/C19H23N3O/c1-14-13-17(21-20-14)19(23)22(2)18(15-9-5-3-6-10-15)16-11-7-4-8-12-16/h3-12,14,17-18,20-21H,13H2,1-2H3. The molecule has 0 saturated carbocycles. The van der Waals surface area contributed by atoms with Gasteiger partial charge in [0.1, 0.15) is 6.04 Å². The first-order valence-corrected chi connectivity index (χ1v) is 8.04. The highest BCUT2D eigenvalue weighted by Crippen LogP contribution is 2.28. The lowest BCUT2D eigenvalue weighted by atomic mass is 9.96. The summed E-state index contributed by atoms with van der Waals surface area (Å²) in [7, 11) is 1.89. The highest BCUT2D eigenvalue weighted by Gasteiger charge is 2.32. The van der Waals surface area contributed by atoms with Crippen LogP contribution in [0.25, 0.3) is 0 Å². The van der Waals surface area contributed by atoms with Crippen molar-refractivity contribution in [2.24, 2.45) is 0 Å². The predicted octanol–water partition coefficient (Wildman–Crippen LogP) is 2.49. The number of nitrogens with zero attached hydrogens (tertiary/aromatic N) is 1. The van der Waals surface area contributed by atoms with Crippen molar-refractivity contribution in [1.82, 2.24) is 15.8 Å². The van der Waals surface area contributed by atoms with Crippen molar-refractivity contribution < 1.29 is 4.79 Å². The Morgan fingerprint density at radius 3 is 1.96 bits per heavy atom. The van der Waals surface area contributed by atoms with Crippen LogP contribution >= 0.6 is 0 Å². The third-order valence-corrected chi connectivity index (χ3v) is 4.36. The maximum absolute atomic E-state index is 12.9. The van der Waals surface area contributed by atoms with Gasteiger partial charge in [0.05, 0.1) is 6.04 Å². The second-order valence-corrected chi connectivity index (χ2v) is 6.15. The lowest BCUT2D eigenvalue weighted by Crippen LogP contribution is -2.45. The van der Waals surface area contributed by atoms with Gasteiger partial charge < -0.3 is 4.90 Å². The smallest absolute Gasteiger partial charge is 0.241 e. The third kappa shape index (κ3) is 3.44. The average Bonchev–Trinajstić information content (AvgIpc) is 3.03. The number of benzene rings is 2. The van der Waals surface area contributed by atoms with E-state index in [1.54, 1.807) is 0 Å². The van der Waals surface area contributed by atoms with Crippen molar-refractivity contribution in [2.45, 2.75) is 31.5 Å². The number of hydrazine groups is 1. The van der Waals surface area contributed by atoms with Crippen molar-refractivity contribution in [3.63, 3.8) is 0 Å². The zero-order valence-electron chi connectivity index (χ0n) is 13.6. The molecule has 0 aromatic heterocycles. The van der Waals surface area contributed by atoms with Crippen LogP contribution < -0.4 is 10.9 Å². The summed E-state index contributed by atoms with van der Waals surface area (Å²) in [6.07, 6.45) is 0.805. The number of hydrogen-bond donors (Lipinski definition) is 2. The van der Waals surface area contributed by atoms with Gasteiger partial charge in [-0.25, -0.2) is 5.43 Å². The first-order valence-electron chi connectivity index (χ1n) is 8.04. The maximum Gasteiger partial charge on any atom is 0.241 e. The maximum atomic E-state index is 12.9. The van der Waals surface area contributed by atoms with Gasteiger partial charge in [-0.2, -0.15) is 0 Å². The molecule has 4 nitrogen and oxygen atoms in total. The molecule has 1 saturated heterocycles. The lowest BCUT2D eigenvalue weighted by Gasteiger charge is -2.31. The molecule has 2 atom stereocenters. The SMILES string of the molecule is CC1CC(C(=O)N(C)C(c2ccccc2)c2ccccc2)NN1. The molecule has 1 amide bonds. The number of nitrogens with one attached hydrogen (secondary N) is 2. The van der Waals surface area contributed by atoms with Gasteiger partial charge in [-0.1, -0.05) is 60.7 Å². The monoisotopic (exact) mass is 309 g/mol. The first kappa shape index (κ1) is 15.7. The van der Waals surface area contributed by atoms with Crippen LogP contribution in [0.3, 0.4) is 0 Å². The fraction of sp³-hybridized carbons (Fsp3) is 0.316. The molecule has 1 aliphatic rings. The summed E-state index contributed by atoms with van der Waals surface area (Å²) in [4.78, 5) is 14.8. The van der Waals surface area contributed by atoms with E-state index >= 15 is 0 Å². The van der Waals surface area contributed by atoms with Crippen molar-refractivity contribution in [3.05, 3.63) is 71.8 Å². The summed E-state index contributed by atoms with van der Waals surface area (Å²) >= 11 is 0. The summed E-state index contributed by atoms with van der Waals surface area (Å²) < 4.78 is 0. The van der Waals surface area contributed by atoms with Crippen LogP contribution in [0.15, 0.2) is 60.7 Å². The van der Waals surface area contributed by atoms with Gasteiger partial charge >= 0.3 is 0 Å². The number of amides is 1.